The van der Waals surface area contributed by atoms with E-state index in [1.54, 1.807) is 0 Å². The van der Waals surface area contributed by atoms with Crippen LogP contribution >= 0.6 is 11.6 Å². The predicted octanol–water partition coefficient (Wildman–Crippen LogP) is 4.69. The molecule has 0 N–H and O–H groups in total. The molecule has 0 bridgehead atoms. The van der Waals surface area contributed by atoms with Gasteiger partial charge < -0.3 is 9.64 Å². The molecule has 0 saturated carbocycles. The molecule has 0 saturated heterocycles. The first-order chi connectivity index (χ1) is 12.9. The predicted molar refractivity (Wildman–Crippen MR) is 85.4 cm³/mol. The summed E-state index contributed by atoms with van der Waals surface area (Å²) in [6, 6.07) is 2.66. The number of halogens is 7. The Hall–Kier alpha value is -2.49. The first-order valence-corrected chi connectivity index (χ1v) is 8.15. The zero-order chi connectivity index (χ0) is 20.7. The van der Waals surface area contributed by atoms with Crippen LogP contribution < -0.4 is 4.74 Å². The molecular weight excluding hydrogens is 414 g/mol. The van der Waals surface area contributed by atoms with Gasteiger partial charge in [-0.2, -0.15) is 26.3 Å². The Kier molecular flexibility index (Phi) is 5.18. The number of ether oxygens (including phenoxy) is 1. The Morgan fingerprint density at radius 1 is 1.07 bits per heavy atom. The second-order valence-corrected chi connectivity index (χ2v) is 6.39. The molecule has 1 amide bonds. The largest absolute Gasteiger partial charge is 0.483 e. The average molecular weight is 425 g/mol. The number of nitrogens with zero attached hydrogens (tertiary/aromatic N) is 2. The van der Waals surface area contributed by atoms with Crippen LogP contribution in [0.2, 0.25) is 5.15 Å². The lowest BCUT2D eigenvalue weighted by Gasteiger charge is -2.22. The Bertz CT molecular complexity index is 881. The number of rotatable bonds is 2. The smallest absolute Gasteiger partial charge is 0.416 e. The van der Waals surface area contributed by atoms with E-state index in [2.05, 4.69) is 4.98 Å². The van der Waals surface area contributed by atoms with E-state index in [9.17, 15) is 31.1 Å². The van der Waals surface area contributed by atoms with Gasteiger partial charge in [0.2, 0.25) is 0 Å². The minimum absolute atomic E-state index is 0.0252. The molecule has 28 heavy (non-hydrogen) atoms. The topological polar surface area (TPSA) is 42.4 Å². The van der Waals surface area contributed by atoms with Crippen molar-refractivity contribution in [3.8, 4) is 5.75 Å². The highest BCUT2D eigenvalue weighted by Crippen LogP contribution is 2.37. The molecule has 0 radical (unpaired) electrons. The van der Waals surface area contributed by atoms with E-state index in [1.807, 2.05) is 0 Å². The Morgan fingerprint density at radius 2 is 1.68 bits per heavy atom. The van der Waals surface area contributed by atoms with Crippen molar-refractivity contribution in [2.24, 2.45) is 0 Å². The van der Waals surface area contributed by atoms with Gasteiger partial charge in [0.15, 0.2) is 6.61 Å². The van der Waals surface area contributed by atoms with Gasteiger partial charge in [0.25, 0.3) is 5.91 Å². The zero-order valence-electron chi connectivity index (χ0n) is 13.9. The van der Waals surface area contributed by atoms with E-state index in [-0.39, 0.29) is 29.1 Å². The maximum absolute atomic E-state index is 13.0. The van der Waals surface area contributed by atoms with E-state index in [4.69, 9.17) is 16.3 Å². The molecule has 0 spiro atoms. The molecule has 3 rings (SSSR count). The van der Waals surface area contributed by atoms with Crippen LogP contribution in [0.1, 0.15) is 22.3 Å². The van der Waals surface area contributed by atoms with E-state index < -0.39 is 42.5 Å². The molecule has 0 atom stereocenters. The average Bonchev–Trinajstić information content (AvgIpc) is 2.74. The highest BCUT2D eigenvalue weighted by Gasteiger charge is 2.37. The number of pyridine rings is 1. The standard InChI is InChI=1S/C17H11ClF6N2O2/c18-15-12-7-26(14(27)8-28-13(12)1-2-25-15)6-9-3-10(16(19,20)21)5-11(4-9)17(22,23)24/h1-5H,6-8H2. The van der Waals surface area contributed by atoms with Gasteiger partial charge in [0, 0.05) is 12.7 Å². The first kappa shape index (κ1) is 20.2. The lowest BCUT2D eigenvalue weighted by molar-refractivity contribution is -0.143. The normalized spacial score (nSPS) is 15.1. The van der Waals surface area contributed by atoms with Gasteiger partial charge in [-0.3, -0.25) is 4.79 Å². The van der Waals surface area contributed by atoms with Gasteiger partial charge in [0.1, 0.15) is 10.9 Å². The maximum atomic E-state index is 13.0. The third-order valence-corrected chi connectivity index (χ3v) is 4.36. The Morgan fingerprint density at radius 3 is 2.25 bits per heavy atom. The molecule has 1 aliphatic heterocycles. The van der Waals surface area contributed by atoms with E-state index in [0.717, 1.165) is 4.90 Å². The fourth-order valence-electron chi connectivity index (χ4n) is 2.71. The number of amides is 1. The van der Waals surface area contributed by atoms with Gasteiger partial charge in [-0.1, -0.05) is 11.6 Å². The van der Waals surface area contributed by atoms with Gasteiger partial charge in [0.05, 0.1) is 23.2 Å². The van der Waals surface area contributed by atoms with Crippen molar-refractivity contribution in [2.75, 3.05) is 6.61 Å². The van der Waals surface area contributed by atoms with Crippen LogP contribution in [-0.2, 0) is 30.2 Å². The number of fused-ring (bicyclic) bond motifs is 1. The van der Waals surface area contributed by atoms with Crippen LogP contribution in [0.3, 0.4) is 0 Å². The first-order valence-electron chi connectivity index (χ1n) is 7.77. The molecule has 150 valence electrons. The number of carbonyl (C=O) groups is 1. The molecule has 4 nitrogen and oxygen atoms in total. The summed E-state index contributed by atoms with van der Waals surface area (Å²) < 4.78 is 83.4. The zero-order valence-corrected chi connectivity index (χ0v) is 14.6. The summed E-state index contributed by atoms with van der Waals surface area (Å²) in [7, 11) is 0. The lowest BCUT2D eigenvalue weighted by Crippen LogP contribution is -2.32. The quantitative estimate of drug-likeness (QED) is 0.519. The van der Waals surface area contributed by atoms with Crippen molar-refractivity contribution < 1.29 is 35.9 Å². The van der Waals surface area contributed by atoms with Crippen molar-refractivity contribution in [2.45, 2.75) is 25.4 Å². The van der Waals surface area contributed by atoms with Crippen LogP contribution in [0, 0.1) is 0 Å². The highest BCUT2D eigenvalue weighted by molar-refractivity contribution is 6.30. The SMILES string of the molecule is O=C1COc2ccnc(Cl)c2CN1Cc1cc(C(F)(F)F)cc(C(F)(F)F)c1. The number of benzene rings is 1. The maximum Gasteiger partial charge on any atom is 0.416 e. The third kappa shape index (κ3) is 4.32. The third-order valence-electron chi connectivity index (χ3n) is 4.03. The molecule has 0 fully saturated rings. The van der Waals surface area contributed by atoms with Crippen LogP contribution in [-0.4, -0.2) is 22.4 Å². The summed E-state index contributed by atoms with van der Waals surface area (Å²) in [6.07, 6.45) is -8.59. The van der Waals surface area contributed by atoms with Crippen molar-refractivity contribution in [3.63, 3.8) is 0 Å². The molecule has 0 aliphatic carbocycles. The van der Waals surface area contributed by atoms with Crippen molar-refractivity contribution in [3.05, 3.63) is 57.9 Å². The van der Waals surface area contributed by atoms with E-state index in [1.165, 1.54) is 12.3 Å². The second-order valence-electron chi connectivity index (χ2n) is 6.03. The summed E-state index contributed by atoms with van der Waals surface area (Å²) >= 11 is 5.97. The van der Waals surface area contributed by atoms with Crippen LogP contribution in [0.25, 0.3) is 0 Å². The molecule has 1 aromatic heterocycles. The summed E-state index contributed by atoms with van der Waals surface area (Å²) in [6.45, 7) is -1.09. The molecule has 0 unspecified atom stereocenters. The van der Waals surface area contributed by atoms with Crippen LogP contribution in [0.4, 0.5) is 26.3 Å². The van der Waals surface area contributed by atoms with Crippen LogP contribution in [0.15, 0.2) is 30.5 Å². The number of hydrogen-bond donors (Lipinski definition) is 0. The molecular formula is C17H11ClF6N2O2. The number of aromatic nitrogens is 1. The number of hydrogen-bond acceptors (Lipinski definition) is 3. The second kappa shape index (κ2) is 7.16. The molecule has 2 heterocycles. The van der Waals surface area contributed by atoms with Crippen molar-refractivity contribution >= 4 is 17.5 Å². The van der Waals surface area contributed by atoms with E-state index in [0.29, 0.717) is 17.7 Å². The Labute approximate surface area is 159 Å². The van der Waals surface area contributed by atoms with E-state index >= 15 is 0 Å². The fraction of sp³-hybridized carbons (Fsp3) is 0.294. The highest BCUT2D eigenvalue weighted by atomic mass is 35.5. The molecule has 1 aliphatic rings. The fourth-order valence-corrected chi connectivity index (χ4v) is 2.92. The van der Waals surface area contributed by atoms with Crippen molar-refractivity contribution in [1.29, 1.82) is 0 Å². The van der Waals surface area contributed by atoms with Crippen molar-refractivity contribution in [1.82, 2.24) is 9.88 Å². The molecule has 11 heteroatoms. The number of carbonyl (C=O) groups excluding carboxylic acids is 1. The van der Waals surface area contributed by atoms with Gasteiger partial charge in [-0.25, -0.2) is 4.98 Å². The minimum atomic E-state index is -4.97. The summed E-state index contributed by atoms with van der Waals surface area (Å²) in [5, 5.41) is 0.0252. The van der Waals surface area contributed by atoms with Gasteiger partial charge in [-0.05, 0) is 29.8 Å². The lowest BCUT2D eigenvalue weighted by atomic mass is 10.0. The number of alkyl halides is 6. The summed E-state index contributed by atoms with van der Waals surface area (Å²) in [4.78, 5) is 17.2. The van der Waals surface area contributed by atoms with Crippen LogP contribution in [0.5, 0.6) is 5.75 Å². The molecule has 2 aromatic rings. The minimum Gasteiger partial charge on any atom is -0.483 e. The molecule has 1 aromatic carbocycles. The monoisotopic (exact) mass is 424 g/mol. The summed E-state index contributed by atoms with van der Waals surface area (Å²) in [5.74, 6) is -0.339. The summed E-state index contributed by atoms with van der Waals surface area (Å²) in [5.41, 5.74) is -2.90. The van der Waals surface area contributed by atoms with Gasteiger partial charge in [-0.15, -0.1) is 0 Å². The van der Waals surface area contributed by atoms with Gasteiger partial charge >= 0.3 is 12.4 Å². The Balaban J connectivity index is 1.98.